The highest BCUT2D eigenvalue weighted by Crippen LogP contribution is 2.27. The summed E-state index contributed by atoms with van der Waals surface area (Å²) < 4.78 is 28.6. The summed E-state index contributed by atoms with van der Waals surface area (Å²) in [6.07, 6.45) is 4.95. The smallest absolute Gasteiger partial charge is 0.245 e. The first-order valence-corrected chi connectivity index (χ1v) is 8.00. The maximum absolute atomic E-state index is 12.7. The number of hydrogen-bond donors (Lipinski definition) is 1. The van der Waals surface area contributed by atoms with Crippen LogP contribution in [0.4, 0.5) is 0 Å². The number of fused-ring (bicyclic) bond motifs is 1. The number of pyridine rings is 1. The third-order valence-corrected chi connectivity index (χ3v) is 5.62. The molecular weight excluding hydrogens is 292 g/mol. The largest absolute Gasteiger partial charge is 0.395 e. The lowest BCUT2D eigenvalue weighted by Gasteiger charge is -2.33. The fourth-order valence-electron chi connectivity index (χ4n) is 2.57. The lowest BCUT2D eigenvalue weighted by atomic mass is 10.1. The van der Waals surface area contributed by atoms with Gasteiger partial charge in [-0.1, -0.05) is 0 Å². The molecule has 8 heteroatoms. The van der Waals surface area contributed by atoms with Crippen LogP contribution in [0.3, 0.4) is 0 Å². The zero-order chi connectivity index (χ0) is 15.0. The minimum absolute atomic E-state index is 0.128. The van der Waals surface area contributed by atoms with E-state index in [-0.39, 0.29) is 18.0 Å². The molecule has 3 heterocycles. The predicted octanol–water partition coefficient (Wildman–Crippen LogP) is -0.0770. The Morgan fingerprint density at radius 2 is 2.29 bits per heavy atom. The average Bonchev–Trinajstić information content (AvgIpc) is 2.87. The molecule has 0 bridgehead atoms. The lowest BCUT2D eigenvalue weighted by molar-refractivity contribution is 0.170. The van der Waals surface area contributed by atoms with E-state index in [0.29, 0.717) is 6.42 Å². The molecular formula is C13H16N4O3S. The summed E-state index contributed by atoms with van der Waals surface area (Å²) in [6, 6.07) is 2.60. The molecule has 1 aliphatic rings. The summed E-state index contributed by atoms with van der Waals surface area (Å²) in [4.78, 5) is 8.23. The van der Waals surface area contributed by atoms with Gasteiger partial charge in [-0.2, -0.15) is 4.31 Å². The molecule has 2 aromatic heterocycles. The van der Waals surface area contributed by atoms with E-state index in [1.807, 2.05) is 11.6 Å². The zero-order valence-corrected chi connectivity index (χ0v) is 12.4. The molecule has 0 saturated carbocycles. The second-order valence-electron chi connectivity index (χ2n) is 5.03. The predicted molar refractivity (Wildman–Crippen MR) is 74.8 cm³/mol. The molecule has 1 N–H and O–H groups in total. The minimum Gasteiger partial charge on any atom is -0.395 e. The van der Waals surface area contributed by atoms with Crippen molar-refractivity contribution in [1.82, 2.24) is 18.8 Å². The Morgan fingerprint density at radius 1 is 1.48 bits per heavy atom. The quantitative estimate of drug-likeness (QED) is 0.857. The molecule has 1 atom stereocenters. The van der Waals surface area contributed by atoms with Crippen molar-refractivity contribution in [3.8, 4) is 0 Å². The van der Waals surface area contributed by atoms with Crippen LogP contribution in [0, 0.1) is 0 Å². The standard InChI is InChI=1S/C13H16N4O3S/c1-16-9-15-12-7-17(10(8-18)5-13(12)16)21(19,20)11-3-2-4-14-6-11/h2-4,6,9-10,18H,5,7-8H2,1H3. The van der Waals surface area contributed by atoms with Crippen LogP contribution in [0.25, 0.3) is 0 Å². The maximum Gasteiger partial charge on any atom is 0.245 e. The summed E-state index contributed by atoms with van der Waals surface area (Å²) in [5, 5.41) is 9.57. The fraction of sp³-hybridized carbons (Fsp3) is 0.385. The molecule has 0 saturated heterocycles. The number of aromatic nitrogens is 3. The number of aliphatic hydroxyl groups excluding tert-OH is 1. The summed E-state index contributed by atoms with van der Waals surface area (Å²) in [5.74, 6) is 0. The number of imidazole rings is 1. The number of sulfonamides is 1. The van der Waals surface area contributed by atoms with Gasteiger partial charge in [-0.15, -0.1) is 0 Å². The molecule has 21 heavy (non-hydrogen) atoms. The number of aryl methyl sites for hydroxylation is 1. The topological polar surface area (TPSA) is 88.3 Å². The van der Waals surface area contributed by atoms with Gasteiger partial charge in [-0.05, 0) is 12.1 Å². The Bertz CT molecular complexity index is 742. The Morgan fingerprint density at radius 3 is 2.95 bits per heavy atom. The summed E-state index contributed by atoms with van der Waals surface area (Å²) in [7, 11) is -1.83. The summed E-state index contributed by atoms with van der Waals surface area (Å²) in [5.41, 5.74) is 1.70. The first-order valence-electron chi connectivity index (χ1n) is 6.56. The SMILES string of the molecule is Cn1cnc2c1CC(CO)N(S(=O)(=O)c1cccnc1)C2. The van der Waals surface area contributed by atoms with Gasteiger partial charge < -0.3 is 9.67 Å². The van der Waals surface area contributed by atoms with Crippen LogP contribution in [-0.4, -0.2) is 45.0 Å². The van der Waals surface area contributed by atoms with Gasteiger partial charge in [0.05, 0.1) is 31.2 Å². The Hall–Kier alpha value is -1.77. The molecule has 1 aliphatic heterocycles. The molecule has 2 aromatic rings. The highest BCUT2D eigenvalue weighted by Gasteiger charge is 2.37. The van der Waals surface area contributed by atoms with E-state index in [1.54, 1.807) is 12.4 Å². The van der Waals surface area contributed by atoms with Gasteiger partial charge in [-0.3, -0.25) is 4.98 Å². The Labute approximate surface area is 122 Å². The van der Waals surface area contributed by atoms with E-state index in [0.717, 1.165) is 11.4 Å². The van der Waals surface area contributed by atoms with Crippen molar-refractivity contribution in [2.45, 2.75) is 23.9 Å². The van der Waals surface area contributed by atoms with Crippen LogP contribution in [-0.2, 0) is 30.0 Å². The van der Waals surface area contributed by atoms with Gasteiger partial charge >= 0.3 is 0 Å². The van der Waals surface area contributed by atoms with Crippen molar-refractivity contribution in [3.63, 3.8) is 0 Å². The molecule has 0 fully saturated rings. The number of nitrogens with zero attached hydrogens (tertiary/aromatic N) is 4. The Balaban J connectivity index is 2.02. The second kappa shape index (κ2) is 5.21. The van der Waals surface area contributed by atoms with Crippen LogP contribution in [0.15, 0.2) is 35.7 Å². The molecule has 0 amide bonds. The van der Waals surface area contributed by atoms with E-state index < -0.39 is 16.1 Å². The highest BCUT2D eigenvalue weighted by molar-refractivity contribution is 7.89. The van der Waals surface area contributed by atoms with Crippen LogP contribution >= 0.6 is 0 Å². The number of rotatable bonds is 3. The van der Waals surface area contributed by atoms with Crippen molar-refractivity contribution in [3.05, 3.63) is 42.2 Å². The third kappa shape index (κ3) is 2.35. The normalized spacial score (nSPS) is 19.4. The van der Waals surface area contributed by atoms with Crippen molar-refractivity contribution >= 4 is 10.0 Å². The van der Waals surface area contributed by atoms with Gasteiger partial charge in [0.2, 0.25) is 10.0 Å². The molecule has 0 aromatic carbocycles. The molecule has 0 spiro atoms. The van der Waals surface area contributed by atoms with E-state index in [2.05, 4.69) is 9.97 Å². The fourth-order valence-corrected chi connectivity index (χ4v) is 4.11. The van der Waals surface area contributed by atoms with Crippen molar-refractivity contribution in [1.29, 1.82) is 0 Å². The third-order valence-electron chi connectivity index (χ3n) is 3.74. The van der Waals surface area contributed by atoms with Gasteiger partial charge in [0.15, 0.2) is 0 Å². The molecule has 7 nitrogen and oxygen atoms in total. The zero-order valence-electron chi connectivity index (χ0n) is 11.5. The van der Waals surface area contributed by atoms with Crippen molar-refractivity contribution in [2.24, 2.45) is 7.05 Å². The van der Waals surface area contributed by atoms with E-state index >= 15 is 0 Å². The van der Waals surface area contributed by atoms with Gasteiger partial charge in [-0.25, -0.2) is 13.4 Å². The summed E-state index contributed by atoms with van der Waals surface area (Å²) >= 11 is 0. The maximum atomic E-state index is 12.7. The number of aliphatic hydroxyl groups is 1. The molecule has 1 unspecified atom stereocenters. The van der Waals surface area contributed by atoms with E-state index in [1.165, 1.54) is 22.8 Å². The van der Waals surface area contributed by atoms with Crippen LogP contribution in [0.2, 0.25) is 0 Å². The molecule has 3 rings (SSSR count). The monoisotopic (exact) mass is 308 g/mol. The first-order chi connectivity index (χ1) is 10.0. The minimum atomic E-state index is -3.70. The van der Waals surface area contributed by atoms with Crippen LogP contribution in [0.1, 0.15) is 11.4 Å². The van der Waals surface area contributed by atoms with Gasteiger partial charge in [0.1, 0.15) is 4.90 Å². The Kier molecular flexibility index (Phi) is 3.52. The lowest BCUT2D eigenvalue weighted by Crippen LogP contribution is -2.46. The molecule has 0 radical (unpaired) electrons. The second-order valence-corrected chi connectivity index (χ2v) is 6.92. The van der Waals surface area contributed by atoms with Crippen molar-refractivity contribution < 1.29 is 13.5 Å². The highest BCUT2D eigenvalue weighted by atomic mass is 32.2. The molecule has 0 aliphatic carbocycles. The van der Waals surface area contributed by atoms with Crippen LogP contribution < -0.4 is 0 Å². The van der Waals surface area contributed by atoms with Gasteiger partial charge in [0, 0.05) is 31.6 Å². The van der Waals surface area contributed by atoms with Crippen molar-refractivity contribution in [2.75, 3.05) is 6.61 Å². The van der Waals surface area contributed by atoms with E-state index in [4.69, 9.17) is 0 Å². The van der Waals surface area contributed by atoms with Crippen LogP contribution in [0.5, 0.6) is 0 Å². The number of hydrogen-bond acceptors (Lipinski definition) is 5. The first kappa shape index (κ1) is 14.2. The van der Waals surface area contributed by atoms with Gasteiger partial charge in [0.25, 0.3) is 0 Å². The summed E-state index contributed by atoms with van der Waals surface area (Å²) in [6.45, 7) is -0.0667. The molecule has 112 valence electrons. The van der Waals surface area contributed by atoms with E-state index in [9.17, 15) is 13.5 Å². The average molecular weight is 308 g/mol.